The molecule has 3 nitrogen and oxygen atoms in total. The first kappa shape index (κ1) is 13.1. The van der Waals surface area contributed by atoms with Crippen molar-refractivity contribution in [2.45, 2.75) is 45.8 Å². The number of hydrogen-bond acceptors (Lipinski definition) is 2. The number of amides is 1. The number of aryl methyl sites for hydroxylation is 1. The summed E-state index contributed by atoms with van der Waals surface area (Å²) in [6.07, 6.45) is 2.19. The van der Waals surface area contributed by atoms with Crippen LogP contribution in [0.5, 0.6) is 0 Å². The minimum atomic E-state index is 0.0407. The summed E-state index contributed by atoms with van der Waals surface area (Å²) in [6, 6.07) is 8.68. The maximum absolute atomic E-state index is 12.0. The van der Waals surface area contributed by atoms with E-state index in [2.05, 4.69) is 50.4 Å². The number of hydrogen-bond donors (Lipinski definition) is 1. The van der Waals surface area contributed by atoms with E-state index in [1.165, 1.54) is 11.1 Å². The summed E-state index contributed by atoms with van der Waals surface area (Å²) >= 11 is 0. The summed E-state index contributed by atoms with van der Waals surface area (Å²) in [7, 11) is 0. The van der Waals surface area contributed by atoms with Gasteiger partial charge in [-0.1, -0.05) is 43.2 Å². The second-order valence-electron chi connectivity index (χ2n) is 5.14. The molecule has 0 aliphatic carbocycles. The number of rotatable bonds is 4. The minimum absolute atomic E-state index is 0.0407. The lowest BCUT2D eigenvalue weighted by molar-refractivity contribution is -0.130. The van der Waals surface area contributed by atoms with Crippen molar-refractivity contribution in [3.8, 4) is 0 Å². The van der Waals surface area contributed by atoms with Gasteiger partial charge in [0, 0.05) is 6.04 Å². The van der Waals surface area contributed by atoms with E-state index in [0.717, 1.165) is 12.8 Å². The summed E-state index contributed by atoms with van der Waals surface area (Å²) < 4.78 is 0. The normalized spacial score (nSPS) is 21.4. The van der Waals surface area contributed by atoms with Gasteiger partial charge in [-0.3, -0.25) is 10.1 Å². The number of nitrogens with zero attached hydrogens (tertiary/aromatic N) is 1. The van der Waals surface area contributed by atoms with Crippen molar-refractivity contribution in [2.75, 3.05) is 6.54 Å². The van der Waals surface area contributed by atoms with Gasteiger partial charge in [0.1, 0.15) is 6.17 Å². The van der Waals surface area contributed by atoms with E-state index < -0.39 is 0 Å². The zero-order valence-electron chi connectivity index (χ0n) is 11.4. The van der Waals surface area contributed by atoms with Gasteiger partial charge in [0.25, 0.3) is 0 Å². The van der Waals surface area contributed by atoms with Gasteiger partial charge in [-0.15, -0.1) is 0 Å². The summed E-state index contributed by atoms with van der Waals surface area (Å²) in [5, 5.41) is 3.32. The smallest absolute Gasteiger partial charge is 0.238 e. The summed E-state index contributed by atoms with van der Waals surface area (Å²) in [5.41, 5.74) is 2.42. The van der Waals surface area contributed by atoms with E-state index in [1.807, 2.05) is 4.90 Å². The van der Waals surface area contributed by atoms with Gasteiger partial charge in [-0.2, -0.15) is 0 Å². The van der Waals surface area contributed by atoms with E-state index in [1.54, 1.807) is 0 Å². The molecule has 0 radical (unpaired) electrons. The number of nitrogens with one attached hydrogen (secondary N) is 1. The molecule has 1 amide bonds. The Morgan fingerprint density at radius 3 is 2.94 bits per heavy atom. The highest BCUT2D eigenvalue weighted by atomic mass is 16.2. The monoisotopic (exact) mass is 246 g/mol. The van der Waals surface area contributed by atoms with Crippen LogP contribution in [0.15, 0.2) is 24.3 Å². The summed E-state index contributed by atoms with van der Waals surface area (Å²) in [4.78, 5) is 14.0. The molecule has 2 unspecified atom stereocenters. The lowest BCUT2D eigenvalue weighted by Crippen LogP contribution is -2.37. The fourth-order valence-corrected chi connectivity index (χ4v) is 2.69. The predicted molar refractivity (Wildman–Crippen MR) is 73.1 cm³/mol. The Morgan fingerprint density at radius 2 is 2.28 bits per heavy atom. The third kappa shape index (κ3) is 2.56. The Morgan fingerprint density at radius 1 is 1.50 bits per heavy atom. The average molecular weight is 246 g/mol. The van der Waals surface area contributed by atoms with Crippen molar-refractivity contribution in [3.05, 3.63) is 35.4 Å². The van der Waals surface area contributed by atoms with Crippen molar-refractivity contribution in [1.82, 2.24) is 10.2 Å². The van der Waals surface area contributed by atoms with Crippen molar-refractivity contribution in [1.29, 1.82) is 0 Å². The van der Waals surface area contributed by atoms with Gasteiger partial charge in [0.2, 0.25) is 5.91 Å². The van der Waals surface area contributed by atoms with E-state index in [-0.39, 0.29) is 12.1 Å². The van der Waals surface area contributed by atoms with E-state index in [9.17, 15) is 4.79 Å². The van der Waals surface area contributed by atoms with Gasteiger partial charge >= 0.3 is 0 Å². The Balaban J connectivity index is 2.23. The average Bonchev–Trinajstić information content (AvgIpc) is 2.71. The molecular weight excluding hydrogens is 224 g/mol. The molecular formula is C15H22N2O. The van der Waals surface area contributed by atoms with Crippen molar-refractivity contribution >= 4 is 5.91 Å². The molecule has 2 rings (SSSR count). The van der Waals surface area contributed by atoms with Gasteiger partial charge in [-0.05, 0) is 25.8 Å². The van der Waals surface area contributed by atoms with Crippen LogP contribution in [0.3, 0.4) is 0 Å². The van der Waals surface area contributed by atoms with Crippen LogP contribution in [0.4, 0.5) is 0 Å². The van der Waals surface area contributed by atoms with Gasteiger partial charge < -0.3 is 4.90 Å². The fourth-order valence-electron chi connectivity index (χ4n) is 2.69. The highest BCUT2D eigenvalue weighted by molar-refractivity contribution is 5.81. The topological polar surface area (TPSA) is 32.3 Å². The largest absolute Gasteiger partial charge is 0.319 e. The first-order valence-corrected chi connectivity index (χ1v) is 6.74. The fraction of sp³-hybridized carbons (Fsp3) is 0.533. The van der Waals surface area contributed by atoms with Crippen molar-refractivity contribution in [3.63, 3.8) is 0 Å². The molecule has 0 saturated carbocycles. The molecule has 1 aromatic rings. The molecule has 1 saturated heterocycles. The zero-order valence-corrected chi connectivity index (χ0v) is 11.4. The molecule has 98 valence electrons. The molecule has 18 heavy (non-hydrogen) atoms. The molecule has 1 aromatic carbocycles. The first-order valence-electron chi connectivity index (χ1n) is 6.74. The van der Waals surface area contributed by atoms with Gasteiger partial charge in [0.15, 0.2) is 0 Å². The van der Waals surface area contributed by atoms with E-state index in [4.69, 9.17) is 0 Å². The highest BCUT2D eigenvalue weighted by Crippen LogP contribution is 2.26. The van der Waals surface area contributed by atoms with Crippen LogP contribution < -0.4 is 5.32 Å². The van der Waals surface area contributed by atoms with Crippen molar-refractivity contribution in [2.24, 2.45) is 0 Å². The SMILES string of the molecule is CCCC(C)N1C(=O)CNC1c1cccc(C)c1. The lowest BCUT2D eigenvalue weighted by atomic mass is 10.1. The second kappa shape index (κ2) is 5.53. The number of carbonyl (C=O) groups is 1. The molecule has 1 N–H and O–H groups in total. The molecule has 1 aliphatic heterocycles. The van der Waals surface area contributed by atoms with Crippen LogP contribution in [0, 0.1) is 6.92 Å². The Hall–Kier alpha value is -1.35. The quantitative estimate of drug-likeness (QED) is 0.885. The Bertz CT molecular complexity index is 430. The predicted octanol–water partition coefficient (Wildman–Crippen LogP) is 2.61. The summed E-state index contributed by atoms with van der Waals surface area (Å²) in [6.45, 7) is 6.83. The Labute approximate surface area is 109 Å². The zero-order chi connectivity index (χ0) is 13.1. The third-order valence-electron chi connectivity index (χ3n) is 3.55. The standard InChI is InChI=1S/C15H22N2O/c1-4-6-12(3)17-14(18)10-16-15(17)13-8-5-7-11(2)9-13/h5,7-9,12,15-16H,4,6,10H2,1-3H3. The lowest BCUT2D eigenvalue weighted by Gasteiger charge is -2.30. The second-order valence-corrected chi connectivity index (χ2v) is 5.14. The van der Waals surface area contributed by atoms with Crippen LogP contribution in [0.2, 0.25) is 0 Å². The Kier molecular flexibility index (Phi) is 4.02. The molecule has 1 aliphatic rings. The van der Waals surface area contributed by atoms with E-state index >= 15 is 0 Å². The minimum Gasteiger partial charge on any atom is -0.319 e. The van der Waals surface area contributed by atoms with Gasteiger partial charge in [-0.25, -0.2) is 0 Å². The molecule has 1 fully saturated rings. The molecule has 1 heterocycles. The third-order valence-corrected chi connectivity index (χ3v) is 3.55. The highest BCUT2D eigenvalue weighted by Gasteiger charge is 2.34. The van der Waals surface area contributed by atoms with Crippen LogP contribution in [0.1, 0.15) is 44.0 Å². The summed E-state index contributed by atoms with van der Waals surface area (Å²) in [5.74, 6) is 0.211. The van der Waals surface area contributed by atoms with Gasteiger partial charge in [0.05, 0.1) is 6.54 Å². The van der Waals surface area contributed by atoms with Crippen LogP contribution in [0.25, 0.3) is 0 Å². The molecule has 0 aromatic heterocycles. The molecule has 0 spiro atoms. The maximum atomic E-state index is 12.0. The van der Waals surface area contributed by atoms with Crippen LogP contribution >= 0.6 is 0 Å². The molecule has 3 heteroatoms. The van der Waals surface area contributed by atoms with E-state index in [0.29, 0.717) is 12.6 Å². The number of benzene rings is 1. The first-order chi connectivity index (χ1) is 8.63. The maximum Gasteiger partial charge on any atom is 0.238 e. The number of carbonyl (C=O) groups excluding carboxylic acids is 1. The van der Waals surface area contributed by atoms with Crippen LogP contribution in [-0.4, -0.2) is 23.4 Å². The van der Waals surface area contributed by atoms with Crippen LogP contribution in [-0.2, 0) is 4.79 Å². The molecule has 0 bridgehead atoms. The molecule has 2 atom stereocenters. The van der Waals surface area contributed by atoms with Crippen molar-refractivity contribution < 1.29 is 4.79 Å².